The van der Waals surface area contributed by atoms with Crippen LogP contribution in [0.4, 0.5) is 25.8 Å². The molecule has 0 aromatic heterocycles. The van der Waals surface area contributed by atoms with E-state index in [0.29, 0.717) is 16.8 Å². The quantitative estimate of drug-likeness (QED) is 0.173. The molecule has 10 rings (SSSR count). The van der Waals surface area contributed by atoms with E-state index in [9.17, 15) is 8.78 Å². The standard InChI is InChI=1S/C29H26FN.C16H15Br.C13H12FN/c1-18-14-25-23(21-12-8-9-13-24(21)29(25,3)4)17-28(18)31-27-16-22(26(30)15-19(27)2)20-10-6-5-7-11-20;1-10-8-14-12(9-15(10)17)11-6-4-5-7-13(11)16(14,2)3;1-9-7-12(14)11(8-13(9)15)10-5-3-2-4-6-10/h5-17,31H,1-4H3;4-9H,1-3H3;2-8H,15H2,1H3. The minimum Gasteiger partial charge on any atom is -0.398 e. The molecule has 8 aromatic carbocycles. The van der Waals surface area contributed by atoms with E-state index in [1.165, 1.54) is 66.2 Å². The van der Waals surface area contributed by atoms with Gasteiger partial charge in [0, 0.05) is 43.5 Å². The molecule has 0 radical (unpaired) electrons. The molecule has 3 N–H and O–H groups in total. The van der Waals surface area contributed by atoms with Crippen molar-refractivity contribution >= 4 is 33.0 Å². The number of nitrogens with one attached hydrogen (secondary N) is 1. The monoisotopic (exact) mass is 894 g/mol. The van der Waals surface area contributed by atoms with Crippen LogP contribution in [0.15, 0.2) is 162 Å². The van der Waals surface area contributed by atoms with Crippen LogP contribution in [0, 0.1) is 39.3 Å². The van der Waals surface area contributed by atoms with Crippen molar-refractivity contribution in [1.82, 2.24) is 0 Å². The van der Waals surface area contributed by atoms with E-state index in [0.717, 1.165) is 33.6 Å². The first-order valence-corrected chi connectivity index (χ1v) is 22.2. The number of rotatable bonds is 4. The second-order valence-electron chi connectivity index (χ2n) is 17.9. The SMILES string of the molecule is Cc1cc(F)c(-c2ccccc2)cc1N.Cc1cc(F)c(-c2ccccc2)cc1Nc1cc2c(cc1C)C(C)(C)c1ccccc1-2.Cc1cc2c(cc1Br)-c1ccccc1C2(C)C. The van der Waals surface area contributed by atoms with E-state index < -0.39 is 0 Å². The second kappa shape index (κ2) is 17.1. The van der Waals surface area contributed by atoms with Gasteiger partial charge in [-0.05, 0) is 142 Å². The minimum atomic E-state index is -0.229. The van der Waals surface area contributed by atoms with Gasteiger partial charge in [0.25, 0.3) is 0 Å². The summed E-state index contributed by atoms with van der Waals surface area (Å²) >= 11 is 3.64. The Hall–Kier alpha value is -6.30. The van der Waals surface area contributed by atoms with E-state index >= 15 is 0 Å². The van der Waals surface area contributed by atoms with Crippen LogP contribution in [-0.2, 0) is 10.8 Å². The van der Waals surface area contributed by atoms with Crippen molar-refractivity contribution < 1.29 is 8.78 Å². The lowest BCUT2D eigenvalue weighted by molar-refractivity contribution is 0.630. The van der Waals surface area contributed by atoms with Gasteiger partial charge in [-0.25, -0.2) is 8.78 Å². The molecular weight excluding hydrogens is 843 g/mol. The van der Waals surface area contributed by atoms with Gasteiger partial charge in [-0.2, -0.15) is 0 Å². The summed E-state index contributed by atoms with van der Waals surface area (Å²) in [4.78, 5) is 0. The zero-order chi connectivity index (χ0) is 44.8. The average Bonchev–Trinajstić information content (AvgIpc) is 3.62. The predicted molar refractivity (Wildman–Crippen MR) is 266 cm³/mol. The highest BCUT2D eigenvalue weighted by Gasteiger charge is 2.36. The molecule has 0 unspecified atom stereocenters. The Labute approximate surface area is 380 Å². The lowest BCUT2D eigenvalue weighted by Crippen LogP contribution is -2.15. The maximum atomic E-state index is 14.7. The third-order valence-corrected chi connectivity index (χ3v) is 13.8. The summed E-state index contributed by atoms with van der Waals surface area (Å²) in [7, 11) is 0. The number of halogens is 3. The highest BCUT2D eigenvalue weighted by molar-refractivity contribution is 9.10. The van der Waals surface area contributed by atoms with Crippen LogP contribution in [-0.4, -0.2) is 0 Å². The summed E-state index contributed by atoms with van der Waals surface area (Å²) in [6.07, 6.45) is 0. The molecule has 8 aromatic rings. The Morgan fingerprint density at radius 1 is 0.413 bits per heavy atom. The predicted octanol–water partition coefficient (Wildman–Crippen LogP) is 16.6. The number of hydrogen-bond acceptors (Lipinski definition) is 2. The van der Waals surface area contributed by atoms with Crippen LogP contribution < -0.4 is 11.1 Å². The van der Waals surface area contributed by atoms with E-state index in [-0.39, 0.29) is 22.5 Å². The van der Waals surface area contributed by atoms with Gasteiger partial charge in [0.15, 0.2) is 0 Å². The highest BCUT2D eigenvalue weighted by Crippen LogP contribution is 2.51. The lowest BCUT2D eigenvalue weighted by atomic mass is 9.82. The van der Waals surface area contributed by atoms with Crippen LogP contribution in [0.3, 0.4) is 0 Å². The largest absolute Gasteiger partial charge is 0.398 e. The molecule has 0 saturated heterocycles. The van der Waals surface area contributed by atoms with Crippen molar-refractivity contribution in [2.45, 2.75) is 66.2 Å². The number of nitrogen functional groups attached to an aromatic ring is 1. The topological polar surface area (TPSA) is 38.0 Å². The molecule has 0 spiro atoms. The second-order valence-corrected chi connectivity index (χ2v) is 18.7. The summed E-state index contributed by atoms with van der Waals surface area (Å²) in [5, 5.41) is 3.60. The number of nitrogens with two attached hydrogens (primary N) is 1. The highest BCUT2D eigenvalue weighted by atomic mass is 79.9. The Morgan fingerprint density at radius 2 is 0.810 bits per heavy atom. The van der Waals surface area contributed by atoms with Gasteiger partial charge in [-0.1, -0.05) is 165 Å². The molecule has 0 atom stereocenters. The van der Waals surface area contributed by atoms with Gasteiger partial charge in [0.05, 0.1) is 0 Å². The Bertz CT molecular complexity index is 3010. The maximum absolute atomic E-state index is 14.7. The summed E-state index contributed by atoms with van der Waals surface area (Å²) in [5.74, 6) is -0.427. The number of fused-ring (bicyclic) bond motifs is 6. The molecule has 63 heavy (non-hydrogen) atoms. The fraction of sp³-hybridized carbons (Fsp3) is 0.172. The van der Waals surface area contributed by atoms with Crippen LogP contribution in [0.1, 0.15) is 72.2 Å². The van der Waals surface area contributed by atoms with Gasteiger partial charge in [-0.15, -0.1) is 0 Å². The molecule has 0 saturated carbocycles. The van der Waals surface area contributed by atoms with Crippen molar-refractivity contribution in [2.24, 2.45) is 0 Å². The van der Waals surface area contributed by atoms with E-state index in [4.69, 9.17) is 5.73 Å². The number of anilines is 3. The number of benzene rings is 8. The third kappa shape index (κ3) is 8.23. The van der Waals surface area contributed by atoms with Crippen LogP contribution in [0.2, 0.25) is 0 Å². The normalized spacial score (nSPS) is 13.3. The van der Waals surface area contributed by atoms with Crippen molar-refractivity contribution in [1.29, 1.82) is 0 Å². The van der Waals surface area contributed by atoms with Crippen LogP contribution >= 0.6 is 15.9 Å². The summed E-state index contributed by atoms with van der Waals surface area (Å²) < 4.78 is 29.6. The molecule has 2 nitrogen and oxygen atoms in total. The summed E-state index contributed by atoms with van der Waals surface area (Å²) in [5.41, 5.74) is 26.5. The average molecular weight is 896 g/mol. The third-order valence-electron chi connectivity index (χ3n) is 12.9. The van der Waals surface area contributed by atoms with E-state index in [1.807, 2.05) is 73.7 Å². The van der Waals surface area contributed by atoms with Crippen LogP contribution in [0.5, 0.6) is 0 Å². The molecule has 0 bridgehead atoms. The van der Waals surface area contributed by atoms with Crippen molar-refractivity contribution in [3.8, 4) is 44.5 Å². The molecule has 0 heterocycles. The molecule has 0 aliphatic heterocycles. The van der Waals surface area contributed by atoms with Gasteiger partial charge >= 0.3 is 0 Å². The minimum absolute atomic E-state index is 0.0124. The van der Waals surface area contributed by atoms with Crippen molar-refractivity contribution in [3.63, 3.8) is 0 Å². The maximum Gasteiger partial charge on any atom is 0.131 e. The fourth-order valence-electron chi connectivity index (χ4n) is 9.14. The molecule has 2 aliphatic rings. The smallest absolute Gasteiger partial charge is 0.131 e. The van der Waals surface area contributed by atoms with Gasteiger partial charge in [-0.3, -0.25) is 0 Å². The molecule has 0 amide bonds. The van der Waals surface area contributed by atoms with E-state index in [2.05, 4.69) is 136 Å². The lowest BCUT2D eigenvalue weighted by Gasteiger charge is -2.22. The first kappa shape index (κ1) is 43.4. The van der Waals surface area contributed by atoms with Gasteiger partial charge in [0.1, 0.15) is 11.6 Å². The first-order chi connectivity index (χ1) is 30.1. The number of aryl methyl sites for hydroxylation is 4. The Balaban J connectivity index is 0.000000143. The van der Waals surface area contributed by atoms with E-state index in [1.54, 1.807) is 19.1 Å². The fourth-order valence-corrected chi connectivity index (χ4v) is 9.48. The molecule has 2 aliphatic carbocycles. The Morgan fingerprint density at radius 3 is 1.33 bits per heavy atom. The van der Waals surface area contributed by atoms with Crippen molar-refractivity contribution in [3.05, 3.63) is 218 Å². The van der Waals surface area contributed by atoms with Crippen molar-refractivity contribution in [2.75, 3.05) is 11.1 Å². The van der Waals surface area contributed by atoms with Gasteiger partial charge < -0.3 is 11.1 Å². The molecular formula is C58H53BrF2N2. The van der Waals surface area contributed by atoms with Crippen LogP contribution in [0.25, 0.3) is 44.5 Å². The molecule has 5 heteroatoms. The Kier molecular flexibility index (Phi) is 11.8. The molecule has 0 fully saturated rings. The summed E-state index contributed by atoms with van der Waals surface area (Å²) in [6.45, 7) is 17.2. The summed E-state index contributed by atoms with van der Waals surface area (Å²) in [6, 6.07) is 52.3. The first-order valence-electron chi connectivity index (χ1n) is 21.5. The van der Waals surface area contributed by atoms with Gasteiger partial charge in [0.2, 0.25) is 0 Å². The molecule has 316 valence electrons. The zero-order valence-electron chi connectivity index (χ0n) is 37.2. The number of hydrogen-bond donors (Lipinski definition) is 2. The zero-order valence-corrected chi connectivity index (χ0v) is 38.8.